The van der Waals surface area contributed by atoms with Gasteiger partial charge < -0.3 is 14.5 Å². The molecule has 0 bridgehead atoms. The largest absolute Gasteiger partial charge is 0.378 e. The van der Waals surface area contributed by atoms with E-state index < -0.39 is 0 Å². The van der Waals surface area contributed by atoms with Gasteiger partial charge in [-0.3, -0.25) is 9.79 Å². The van der Waals surface area contributed by atoms with Crippen LogP contribution in [0.1, 0.15) is 22.3 Å². The van der Waals surface area contributed by atoms with Gasteiger partial charge in [-0.15, -0.1) is 0 Å². The molecule has 2 heterocycles. The Kier molecular flexibility index (Phi) is 11.2. The first kappa shape index (κ1) is 26.2. The van der Waals surface area contributed by atoms with E-state index in [1.54, 1.807) is 19.2 Å². The molecule has 2 fully saturated rings. The van der Waals surface area contributed by atoms with Crippen molar-refractivity contribution in [3.63, 3.8) is 0 Å². The summed E-state index contributed by atoms with van der Waals surface area (Å²) in [7, 11) is 5.74. The van der Waals surface area contributed by atoms with Crippen molar-refractivity contribution >= 4 is 18.7 Å². The van der Waals surface area contributed by atoms with Gasteiger partial charge in [0, 0.05) is 63.6 Å². The minimum Gasteiger partial charge on any atom is -0.378 e. The molecule has 2 saturated heterocycles. The summed E-state index contributed by atoms with van der Waals surface area (Å²) in [6, 6.07) is 19.4. The highest BCUT2D eigenvalue weighted by atomic mass is 16.5. The molecule has 2 aromatic rings. The number of likely N-dealkylation sites (tertiary alicyclic amines) is 2. The maximum absolute atomic E-state index is 10.0. The van der Waals surface area contributed by atoms with Gasteiger partial charge in [0.15, 0.2) is 0 Å². The summed E-state index contributed by atoms with van der Waals surface area (Å²) in [6.07, 6.45) is 2.15. The summed E-state index contributed by atoms with van der Waals surface area (Å²) in [6.45, 7) is 9.55. The number of nitrogens with zero attached hydrogens (tertiary/aromatic N) is 4. The zero-order valence-electron chi connectivity index (χ0n) is 20.3. The maximum atomic E-state index is 10.0. The predicted molar refractivity (Wildman–Crippen MR) is 137 cm³/mol. The SMILES string of the molecule is C=N/C(=C1/CN(C)CCC1=NC)N1CC(OC)C1.Cc1ccccc1.O=Cc1ccccc1. The van der Waals surface area contributed by atoms with Gasteiger partial charge in [0.25, 0.3) is 0 Å². The molecule has 4 rings (SSSR count). The molecule has 0 aliphatic carbocycles. The molecule has 176 valence electrons. The second-order valence-electron chi connectivity index (χ2n) is 8.06. The lowest BCUT2D eigenvalue weighted by molar-refractivity contribution is -0.0124. The van der Waals surface area contributed by atoms with Gasteiger partial charge in [-0.2, -0.15) is 0 Å². The Labute approximate surface area is 198 Å². The fourth-order valence-corrected chi connectivity index (χ4v) is 3.55. The number of benzene rings is 2. The molecule has 0 N–H and O–H groups in total. The Hall–Kier alpha value is -3.09. The molecule has 0 spiro atoms. The van der Waals surface area contributed by atoms with Crippen molar-refractivity contribution in [2.75, 3.05) is 47.4 Å². The second kappa shape index (κ2) is 14.1. The van der Waals surface area contributed by atoms with E-state index in [1.807, 2.05) is 43.4 Å². The van der Waals surface area contributed by atoms with Crippen molar-refractivity contribution in [2.45, 2.75) is 19.4 Å². The number of aryl methyl sites for hydroxylation is 1. The molecule has 6 nitrogen and oxygen atoms in total. The molecule has 0 amide bonds. The van der Waals surface area contributed by atoms with E-state index in [1.165, 1.54) is 11.1 Å². The van der Waals surface area contributed by atoms with E-state index >= 15 is 0 Å². The molecule has 0 unspecified atom stereocenters. The number of carbonyl (C=O) groups excluding carboxylic acids is 1. The highest BCUT2D eigenvalue weighted by Crippen LogP contribution is 2.24. The number of piperidine rings is 1. The van der Waals surface area contributed by atoms with Crippen LogP contribution < -0.4 is 0 Å². The van der Waals surface area contributed by atoms with Gasteiger partial charge in [0.05, 0.1) is 6.10 Å². The van der Waals surface area contributed by atoms with Crippen LogP contribution >= 0.6 is 0 Å². The highest BCUT2D eigenvalue weighted by Gasteiger charge is 2.31. The van der Waals surface area contributed by atoms with Crippen molar-refractivity contribution in [3.05, 3.63) is 83.2 Å². The van der Waals surface area contributed by atoms with E-state index in [0.29, 0.717) is 6.10 Å². The molecule has 6 heteroatoms. The van der Waals surface area contributed by atoms with Crippen LogP contribution in [0.2, 0.25) is 0 Å². The summed E-state index contributed by atoms with van der Waals surface area (Å²) in [4.78, 5) is 23.2. The van der Waals surface area contributed by atoms with Gasteiger partial charge in [0.2, 0.25) is 0 Å². The fourth-order valence-electron chi connectivity index (χ4n) is 3.55. The molecule has 2 aliphatic heterocycles. The lowest BCUT2D eigenvalue weighted by atomic mass is 10.0. The first-order chi connectivity index (χ1) is 16.0. The predicted octanol–water partition coefficient (Wildman–Crippen LogP) is 4.13. The van der Waals surface area contributed by atoms with E-state index in [9.17, 15) is 4.79 Å². The summed E-state index contributed by atoms with van der Waals surface area (Å²) in [5, 5.41) is 0. The van der Waals surface area contributed by atoms with E-state index in [-0.39, 0.29) is 0 Å². The summed E-state index contributed by atoms with van der Waals surface area (Å²) >= 11 is 0. The monoisotopic (exact) mass is 448 g/mol. The van der Waals surface area contributed by atoms with Crippen LogP contribution in [0.4, 0.5) is 0 Å². The zero-order valence-corrected chi connectivity index (χ0v) is 20.3. The average molecular weight is 449 g/mol. The smallest absolute Gasteiger partial charge is 0.150 e. The van der Waals surface area contributed by atoms with Gasteiger partial charge >= 0.3 is 0 Å². The summed E-state index contributed by atoms with van der Waals surface area (Å²) < 4.78 is 5.31. The quantitative estimate of drug-likeness (QED) is 0.521. The first-order valence-corrected chi connectivity index (χ1v) is 11.2. The van der Waals surface area contributed by atoms with Crippen LogP contribution in [0.3, 0.4) is 0 Å². The minimum atomic E-state index is 0.325. The second-order valence-corrected chi connectivity index (χ2v) is 8.06. The van der Waals surface area contributed by atoms with Crippen LogP contribution in [0, 0.1) is 6.92 Å². The molecule has 0 radical (unpaired) electrons. The van der Waals surface area contributed by atoms with Gasteiger partial charge in [-0.1, -0.05) is 66.2 Å². The third kappa shape index (κ3) is 8.40. The van der Waals surface area contributed by atoms with Crippen LogP contribution in [0.15, 0.2) is 82.0 Å². The number of likely N-dealkylation sites (N-methyl/N-ethyl adjacent to an activating group) is 1. The standard InChI is InChI=1S/C13H22N4O.C7H6O.C7H8/c1-14-12-5-6-16(3)9-11(12)13(15-2)17-7-10(8-17)18-4;8-6-7-4-2-1-3-5-7;1-7-5-3-2-4-6-7/h10H,2,5-9H2,1,3-4H3;1-6H;2-6H,1H3/b13-11+,14-12?;;. The fraction of sp³-hybridized carbons (Fsp3) is 0.370. The minimum absolute atomic E-state index is 0.325. The number of hydrogen-bond acceptors (Lipinski definition) is 6. The van der Waals surface area contributed by atoms with E-state index in [2.05, 4.69) is 52.6 Å². The van der Waals surface area contributed by atoms with Crippen LogP contribution in [0.25, 0.3) is 0 Å². The Morgan fingerprint density at radius 3 is 2.12 bits per heavy atom. The Morgan fingerprint density at radius 1 is 1.09 bits per heavy atom. The van der Waals surface area contributed by atoms with Crippen molar-refractivity contribution < 1.29 is 9.53 Å². The van der Waals surface area contributed by atoms with Crippen LogP contribution in [0.5, 0.6) is 0 Å². The number of ether oxygens (including phenoxy) is 1. The van der Waals surface area contributed by atoms with E-state index in [4.69, 9.17) is 4.74 Å². The number of hydrogen-bond donors (Lipinski definition) is 0. The van der Waals surface area contributed by atoms with Gasteiger partial charge in [-0.05, 0) is 20.7 Å². The lowest BCUT2D eigenvalue weighted by Gasteiger charge is -2.41. The Morgan fingerprint density at radius 2 is 1.70 bits per heavy atom. The molecule has 0 aromatic heterocycles. The first-order valence-electron chi connectivity index (χ1n) is 11.2. The van der Waals surface area contributed by atoms with Crippen molar-refractivity contribution in [3.8, 4) is 0 Å². The average Bonchev–Trinajstić information content (AvgIpc) is 2.83. The zero-order chi connectivity index (χ0) is 24.1. The highest BCUT2D eigenvalue weighted by molar-refractivity contribution is 6.01. The Bertz CT molecular complexity index is 920. The van der Waals surface area contributed by atoms with Crippen LogP contribution in [-0.4, -0.2) is 82.0 Å². The third-order valence-corrected chi connectivity index (χ3v) is 5.55. The van der Waals surface area contributed by atoms with Gasteiger partial charge in [-0.25, -0.2) is 4.99 Å². The lowest BCUT2D eigenvalue weighted by Crippen LogP contribution is -2.51. The molecule has 33 heavy (non-hydrogen) atoms. The molecule has 0 atom stereocenters. The number of aliphatic imine (C=N–C) groups is 2. The Balaban J connectivity index is 0.000000210. The van der Waals surface area contributed by atoms with Gasteiger partial charge in [0.1, 0.15) is 12.1 Å². The van der Waals surface area contributed by atoms with Crippen molar-refractivity contribution in [1.82, 2.24) is 9.80 Å². The van der Waals surface area contributed by atoms with Crippen LogP contribution in [-0.2, 0) is 4.74 Å². The van der Waals surface area contributed by atoms with E-state index in [0.717, 1.165) is 56.0 Å². The van der Waals surface area contributed by atoms with Crippen molar-refractivity contribution in [1.29, 1.82) is 0 Å². The number of carbonyl (C=O) groups is 1. The summed E-state index contributed by atoms with van der Waals surface area (Å²) in [5.41, 5.74) is 4.43. The molecular weight excluding hydrogens is 412 g/mol. The third-order valence-electron chi connectivity index (χ3n) is 5.55. The van der Waals surface area contributed by atoms with Crippen molar-refractivity contribution in [2.24, 2.45) is 9.98 Å². The normalized spacial score (nSPS) is 18.8. The number of methoxy groups -OCH3 is 1. The maximum Gasteiger partial charge on any atom is 0.150 e. The molecule has 2 aromatic carbocycles. The molecule has 0 saturated carbocycles. The topological polar surface area (TPSA) is 57.5 Å². The molecular formula is C27H36N4O2. The number of rotatable bonds is 4. The summed E-state index contributed by atoms with van der Waals surface area (Å²) in [5.74, 6) is 0.982. The number of aldehydes is 1. The molecule has 2 aliphatic rings.